The van der Waals surface area contributed by atoms with Gasteiger partial charge in [-0.3, -0.25) is 14.4 Å². The van der Waals surface area contributed by atoms with Gasteiger partial charge < -0.3 is 9.64 Å². The molecule has 0 bridgehead atoms. The highest BCUT2D eigenvalue weighted by Gasteiger charge is 2.33. The number of amides is 1. The molecule has 2 aromatic carbocycles. The number of carbonyl (C=O) groups is 4. The van der Waals surface area contributed by atoms with Gasteiger partial charge in [0, 0.05) is 35.8 Å². The van der Waals surface area contributed by atoms with Crippen LogP contribution in [0.4, 0.5) is 0 Å². The van der Waals surface area contributed by atoms with Crippen LogP contribution in [0.15, 0.2) is 42.5 Å². The van der Waals surface area contributed by atoms with E-state index in [1.54, 1.807) is 18.2 Å². The van der Waals surface area contributed by atoms with Crippen molar-refractivity contribution in [2.45, 2.75) is 6.42 Å². The van der Waals surface area contributed by atoms with E-state index in [4.69, 9.17) is 10.00 Å². The molecule has 0 unspecified atom stereocenters. The molecule has 0 aromatic heterocycles. The van der Waals surface area contributed by atoms with Crippen molar-refractivity contribution in [2.75, 3.05) is 20.2 Å². The van der Waals surface area contributed by atoms with Gasteiger partial charge in [0.1, 0.15) is 0 Å². The van der Waals surface area contributed by atoms with Gasteiger partial charge in [0.05, 0.1) is 18.1 Å². The first-order valence-electron chi connectivity index (χ1n) is 8.55. The van der Waals surface area contributed by atoms with E-state index in [2.05, 4.69) is 0 Å². The largest absolute Gasteiger partial charge is 0.452 e. The highest BCUT2D eigenvalue weighted by molar-refractivity contribution is 6.30. The van der Waals surface area contributed by atoms with Crippen molar-refractivity contribution in [1.29, 1.82) is 5.26 Å². The molecule has 0 saturated carbocycles. The summed E-state index contributed by atoms with van der Waals surface area (Å²) in [6, 6.07) is 12.7. The normalized spacial score (nSPS) is 11.9. The Morgan fingerprint density at radius 2 is 1.64 bits per heavy atom. The number of ketones is 2. The fourth-order valence-electron chi connectivity index (χ4n) is 2.97. The van der Waals surface area contributed by atoms with Crippen LogP contribution in [-0.4, -0.2) is 48.5 Å². The van der Waals surface area contributed by atoms with Crippen LogP contribution in [0.3, 0.4) is 0 Å². The quantitative estimate of drug-likeness (QED) is 0.631. The molecule has 0 aliphatic heterocycles. The van der Waals surface area contributed by atoms with E-state index in [9.17, 15) is 19.2 Å². The standard InChI is InChI=1S/C21H16N2O5/c1-23(11-5-10-22)17(24)12-28-21(27)16-9-4-8-15-18(16)20(26)14-7-3-2-6-13(14)19(15)25/h2-4,6-9H,5,11-12H2,1H3. The number of nitrogens with zero attached hydrogens (tertiary/aromatic N) is 2. The molecule has 2 aromatic rings. The Hall–Kier alpha value is -3.79. The van der Waals surface area contributed by atoms with Crippen LogP contribution in [0.5, 0.6) is 0 Å². The number of benzene rings is 2. The number of rotatable bonds is 5. The molecule has 1 aliphatic carbocycles. The lowest BCUT2D eigenvalue weighted by Crippen LogP contribution is -2.32. The lowest BCUT2D eigenvalue weighted by Gasteiger charge is -2.20. The van der Waals surface area contributed by atoms with E-state index in [1.165, 1.54) is 36.2 Å². The Kier molecular flexibility index (Phi) is 5.32. The first-order chi connectivity index (χ1) is 13.5. The van der Waals surface area contributed by atoms with Gasteiger partial charge in [0.15, 0.2) is 18.2 Å². The summed E-state index contributed by atoms with van der Waals surface area (Å²) in [4.78, 5) is 51.3. The maximum atomic E-state index is 12.9. The fraction of sp³-hybridized carbons (Fsp3) is 0.190. The minimum atomic E-state index is -0.862. The highest BCUT2D eigenvalue weighted by Crippen LogP contribution is 2.29. The van der Waals surface area contributed by atoms with Crippen LogP contribution >= 0.6 is 0 Å². The number of likely N-dealkylation sites (N-methyl/N-ethyl adjacent to an activating group) is 1. The smallest absolute Gasteiger partial charge is 0.339 e. The van der Waals surface area contributed by atoms with Gasteiger partial charge in [0.2, 0.25) is 0 Å². The topological polar surface area (TPSA) is 105 Å². The average molecular weight is 376 g/mol. The summed E-state index contributed by atoms with van der Waals surface area (Å²) in [6.07, 6.45) is 0.165. The van der Waals surface area contributed by atoms with Crippen molar-refractivity contribution in [3.05, 3.63) is 70.3 Å². The Bertz CT molecular complexity index is 1040. The summed E-state index contributed by atoms with van der Waals surface area (Å²) >= 11 is 0. The van der Waals surface area contributed by atoms with Crippen LogP contribution in [-0.2, 0) is 9.53 Å². The Morgan fingerprint density at radius 1 is 1.00 bits per heavy atom. The molecule has 0 N–H and O–H groups in total. The zero-order valence-electron chi connectivity index (χ0n) is 15.1. The summed E-state index contributed by atoms with van der Waals surface area (Å²) in [5.41, 5.74) is 0.585. The summed E-state index contributed by atoms with van der Waals surface area (Å²) in [6.45, 7) is -0.305. The second-order valence-electron chi connectivity index (χ2n) is 6.23. The van der Waals surface area contributed by atoms with Crippen LogP contribution in [0.25, 0.3) is 0 Å². The monoisotopic (exact) mass is 376 g/mol. The van der Waals surface area contributed by atoms with E-state index < -0.39 is 24.3 Å². The van der Waals surface area contributed by atoms with Gasteiger partial charge in [-0.25, -0.2) is 4.79 Å². The third-order valence-electron chi connectivity index (χ3n) is 4.48. The molecule has 0 saturated heterocycles. The second-order valence-corrected chi connectivity index (χ2v) is 6.23. The number of esters is 1. The summed E-state index contributed by atoms with van der Waals surface area (Å²) < 4.78 is 5.05. The van der Waals surface area contributed by atoms with Crippen molar-refractivity contribution in [1.82, 2.24) is 4.90 Å². The van der Waals surface area contributed by atoms with Gasteiger partial charge in [-0.2, -0.15) is 5.26 Å². The Balaban J connectivity index is 1.84. The first-order valence-corrected chi connectivity index (χ1v) is 8.55. The SMILES string of the molecule is CN(CCC#N)C(=O)COC(=O)c1cccc2c1C(=O)c1ccccc1C2=O. The van der Waals surface area contributed by atoms with Crippen molar-refractivity contribution < 1.29 is 23.9 Å². The first kappa shape index (κ1) is 19.0. The van der Waals surface area contributed by atoms with Crippen molar-refractivity contribution in [2.24, 2.45) is 0 Å². The highest BCUT2D eigenvalue weighted by atomic mass is 16.5. The third-order valence-corrected chi connectivity index (χ3v) is 4.48. The van der Waals surface area contributed by atoms with E-state index in [0.717, 1.165) is 0 Å². The maximum absolute atomic E-state index is 12.9. The summed E-state index contributed by atoms with van der Waals surface area (Å²) in [5.74, 6) is -2.11. The van der Waals surface area contributed by atoms with Gasteiger partial charge >= 0.3 is 5.97 Å². The predicted octanol–water partition coefficient (Wildman–Crippen LogP) is 1.99. The molecule has 1 amide bonds. The minimum absolute atomic E-state index is 0.0125. The molecule has 0 atom stereocenters. The van der Waals surface area contributed by atoms with Crippen LogP contribution in [0, 0.1) is 11.3 Å². The molecular formula is C21H16N2O5. The van der Waals surface area contributed by atoms with Crippen LogP contribution < -0.4 is 0 Å². The van der Waals surface area contributed by atoms with Crippen molar-refractivity contribution >= 4 is 23.4 Å². The van der Waals surface area contributed by atoms with Crippen LogP contribution in [0.1, 0.15) is 48.6 Å². The third kappa shape index (κ3) is 3.40. The molecule has 1 aliphatic rings. The van der Waals surface area contributed by atoms with Crippen molar-refractivity contribution in [3.63, 3.8) is 0 Å². The molecule has 28 heavy (non-hydrogen) atoms. The number of hydrogen-bond donors (Lipinski definition) is 0. The predicted molar refractivity (Wildman–Crippen MR) is 97.9 cm³/mol. The molecule has 0 heterocycles. The number of nitriles is 1. The van der Waals surface area contributed by atoms with Gasteiger partial charge in [-0.15, -0.1) is 0 Å². The van der Waals surface area contributed by atoms with Gasteiger partial charge in [-0.05, 0) is 6.07 Å². The molecule has 0 spiro atoms. The zero-order chi connectivity index (χ0) is 20.3. The van der Waals surface area contributed by atoms with Gasteiger partial charge in [-0.1, -0.05) is 36.4 Å². The molecule has 0 radical (unpaired) electrons. The Labute approximate surface area is 161 Å². The number of carbonyl (C=O) groups excluding carboxylic acids is 4. The lowest BCUT2D eigenvalue weighted by atomic mass is 9.82. The van der Waals surface area contributed by atoms with E-state index in [0.29, 0.717) is 5.56 Å². The maximum Gasteiger partial charge on any atom is 0.339 e. The molecule has 3 rings (SSSR count). The molecule has 140 valence electrons. The van der Waals surface area contributed by atoms with Crippen molar-refractivity contribution in [3.8, 4) is 6.07 Å². The summed E-state index contributed by atoms with van der Waals surface area (Å²) in [5, 5.41) is 8.56. The van der Waals surface area contributed by atoms with Gasteiger partial charge in [0.25, 0.3) is 5.91 Å². The number of ether oxygens (including phenoxy) is 1. The molecule has 7 nitrogen and oxygen atoms in total. The van der Waals surface area contributed by atoms with E-state index >= 15 is 0 Å². The molecule has 7 heteroatoms. The molecular weight excluding hydrogens is 360 g/mol. The number of hydrogen-bond acceptors (Lipinski definition) is 6. The Morgan fingerprint density at radius 3 is 2.32 bits per heavy atom. The average Bonchev–Trinajstić information content (AvgIpc) is 2.73. The zero-order valence-corrected chi connectivity index (χ0v) is 15.1. The minimum Gasteiger partial charge on any atom is -0.452 e. The lowest BCUT2D eigenvalue weighted by molar-refractivity contribution is -0.133. The van der Waals surface area contributed by atoms with Crippen LogP contribution in [0.2, 0.25) is 0 Å². The van der Waals surface area contributed by atoms with E-state index in [-0.39, 0.29) is 41.0 Å². The fourth-order valence-corrected chi connectivity index (χ4v) is 2.97. The second kappa shape index (κ2) is 7.84. The van der Waals surface area contributed by atoms with E-state index in [1.807, 2.05) is 6.07 Å². The molecule has 0 fully saturated rings. The summed E-state index contributed by atoms with van der Waals surface area (Å²) in [7, 11) is 1.50. The number of fused-ring (bicyclic) bond motifs is 2.